The zero-order chi connectivity index (χ0) is 17.3. The summed E-state index contributed by atoms with van der Waals surface area (Å²) in [6.07, 6.45) is -1.30. The molecular formula is C16H18FN3O4. The maximum Gasteiger partial charge on any atom is 0.407 e. The van der Waals surface area contributed by atoms with E-state index in [2.05, 4.69) is 4.90 Å². The number of carbonyl (C=O) groups is 1. The van der Waals surface area contributed by atoms with Crippen LogP contribution in [0.15, 0.2) is 12.1 Å². The van der Waals surface area contributed by atoms with Crippen molar-refractivity contribution >= 4 is 6.09 Å². The molecule has 128 valence electrons. The van der Waals surface area contributed by atoms with Crippen LogP contribution in [0.5, 0.6) is 5.75 Å². The number of morpholine rings is 1. The highest BCUT2D eigenvalue weighted by atomic mass is 19.1. The number of amides is 1. The number of carboxylic acid groups (broad SMARTS) is 1. The van der Waals surface area contributed by atoms with Crippen molar-refractivity contribution in [3.05, 3.63) is 29.1 Å². The maximum atomic E-state index is 14.3. The van der Waals surface area contributed by atoms with E-state index in [9.17, 15) is 9.18 Å². The Morgan fingerprint density at radius 3 is 2.92 bits per heavy atom. The van der Waals surface area contributed by atoms with Crippen molar-refractivity contribution < 1.29 is 23.8 Å². The summed E-state index contributed by atoms with van der Waals surface area (Å²) in [7, 11) is 1.36. The van der Waals surface area contributed by atoms with Gasteiger partial charge in [-0.2, -0.15) is 5.26 Å². The highest BCUT2D eigenvalue weighted by Crippen LogP contribution is 2.35. The number of methoxy groups -OCH3 is 1. The predicted molar refractivity (Wildman–Crippen MR) is 81.3 cm³/mol. The van der Waals surface area contributed by atoms with Crippen molar-refractivity contribution in [2.45, 2.75) is 12.1 Å². The Bertz CT molecular complexity index is 691. The van der Waals surface area contributed by atoms with Gasteiger partial charge >= 0.3 is 6.09 Å². The van der Waals surface area contributed by atoms with Crippen LogP contribution in [-0.2, 0) is 4.74 Å². The van der Waals surface area contributed by atoms with Gasteiger partial charge in [0.1, 0.15) is 6.07 Å². The molecule has 0 bridgehead atoms. The van der Waals surface area contributed by atoms with Gasteiger partial charge in [-0.3, -0.25) is 4.90 Å². The van der Waals surface area contributed by atoms with E-state index in [0.29, 0.717) is 38.3 Å². The molecule has 2 aliphatic rings. The third-order valence-corrected chi connectivity index (χ3v) is 4.56. The first-order chi connectivity index (χ1) is 11.5. The summed E-state index contributed by atoms with van der Waals surface area (Å²) in [6.45, 7) is 2.34. The monoisotopic (exact) mass is 335 g/mol. The van der Waals surface area contributed by atoms with Gasteiger partial charge in [-0.25, -0.2) is 9.18 Å². The van der Waals surface area contributed by atoms with Gasteiger partial charge in [0.15, 0.2) is 11.6 Å². The van der Waals surface area contributed by atoms with Gasteiger partial charge in [0.25, 0.3) is 0 Å². The molecule has 0 aliphatic carbocycles. The Kier molecular flexibility index (Phi) is 4.55. The molecule has 1 N–H and O–H groups in total. The second kappa shape index (κ2) is 6.63. The number of benzene rings is 1. The molecular weight excluding hydrogens is 317 g/mol. The predicted octanol–water partition coefficient (Wildman–Crippen LogP) is 1.44. The first-order valence-corrected chi connectivity index (χ1v) is 7.65. The van der Waals surface area contributed by atoms with Gasteiger partial charge in [-0.05, 0) is 6.07 Å². The highest BCUT2D eigenvalue weighted by Gasteiger charge is 2.36. The fourth-order valence-corrected chi connectivity index (χ4v) is 3.26. The molecule has 24 heavy (non-hydrogen) atoms. The first-order valence-electron chi connectivity index (χ1n) is 7.65. The molecule has 2 fully saturated rings. The lowest BCUT2D eigenvalue weighted by atomic mass is 10.0. The first kappa shape index (κ1) is 16.5. The van der Waals surface area contributed by atoms with Gasteiger partial charge in [0, 0.05) is 31.7 Å². The molecule has 2 saturated heterocycles. The molecule has 3 rings (SSSR count). The van der Waals surface area contributed by atoms with E-state index in [1.165, 1.54) is 18.1 Å². The van der Waals surface area contributed by atoms with E-state index in [0.717, 1.165) is 0 Å². The Morgan fingerprint density at radius 2 is 2.25 bits per heavy atom. The lowest BCUT2D eigenvalue weighted by Gasteiger charge is -2.45. The van der Waals surface area contributed by atoms with E-state index >= 15 is 0 Å². The minimum atomic E-state index is -0.924. The van der Waals surface area contributed by atoms with Crippen LogP contribution in [0, 0.1) is 17.1 Å². The van der Waals surface area contributed by atoms with Crippen LogP contribution in [-0.4, -0.2) is 66.9 Å². The summed E-state index contributed by atoms with van der Waals surface area (Å²) in [5, 5.41) is 18.0. The Hall–Kier alpha value is -2.37. The van der Waals surface area contributed by atoms with Crippen LogP contribution in [0.25, 0.3) is 0 Å². The van der Waals surface area contributed by atoms with Crippen LogP contribution < -0.4 is 4.74 Å². The fraction of sp³-hybridized carbons (Fsp3) is 0.500. The summed E-state index contributed by atoms with van der Waals surface area (Å²) in [5.41, 5.74) is 0.493. The zero-order valence-corrected chi connectivity index (χ0v) is 13.2. The number of nitrogens with zero attached hydrogens (tertiary/aromatic N) is 3. The Balaban J connectivity index is 1.78. The molecule has 2 aliphatic heterocycles. The SMILES string of the molecule is COc1c([C@@H]2CN3CCN(C(=O)O)C[C@@H]3CO2)ccc(C#N)c1F. The van der Waals surface area contributed by atoms with Crippen LogP contribution in [0.4, 0.5) is 9.18 Å². The molecule has 8 heteroatoms. The van der Waals surface area contributed by atoms with Crippen LogP contribution >= 0.6 is 0 Å². The fourth-order valence-electron chi connectivity index (χ4n) is 3.26. The minimum Gasteiger partial charge on any atom is -0.493 e. The highest BCUT2D eigenvalue weighted by molar-refractivity contribution is 5.65. The molecule has 1 aromatic carbocycles. The summed E-state index contributed by atoms with van der Waals surface area (Å²) >= 11 is 0. The third kappa shape index (κ3) is 2.88. The van der Waals surface area contributed by atoms with Crippen LogP contribution in [0.3, 0.4) is 0 Å². The lowest BCUT2D eigenvalue weighted by Crippen LogP contribution is -2.59. The number of piperazine rings is 1. The van der Waals surface area contributed by atoms with Crippen molar-refractivity contribution in [1.29, 1.82) is 5.26 Å². The van der Waals surface area contributed by atoms with E-state index < -0.39 is 11.9 Å². The average Bonchev–Trinajstić information content (AvgIpc) is 2.60. The minimum absolute atomic E-state index is 0.000300. The third-order valence-electron chi connectivity index (χ3n) is 4.56. The molecule has 0 radical (unpaired) electrons. The quantitative estimate of drug-likeness (QED) is 0.880. The second-order valence-electron chi connectivity index (χ2n) is 5.86. The van der Waals surface area contributed by atoms with E-state index in [4.69, 9.17) is 19.8 Å². The van der Waals surface area contributed by atoms with Crippen molar-refractivity contribution in [3.63, 3.8) is 0 Å². The number of nitriles is 1. The van der Waals surface area contributed by atoms with Crippen molar-refractivity contribution in [1.82, 2.24) is 9.80 Å². The summed E-state index contributed by atoms with van der Waals surface area (Å²) in [4.78, 5) is 14.6. The Morgan fingerprint density at radius 1 is 1.46 bits per heavy atom. The molecule has 2 atom stereocenters. The standard InChI is InChI=1S/C16H18FN3O4/c1-23-15-12(3-2-10(6-18)14(15)17)13-8-19-4-5-20(16(21)22)7-11(19)9-24-13/h2-3,11,13H,4-5,7-9H2,1H3,(H,21,22)/t11-,13+/m1/s1. The van der Waals surface area contributed by atoms with E-state index in [1.54, 1.807) is 12.1 Å². The second-order valence-corrected chi connectivity index (χ2v) is 5.86. The van der Waals surface area contributed by atoms with E-state index in [-0.39, 0.29) is 23.5 Å². The smallest absolute Gasteiger partial charge is 0.407 e. The molecule has 0 saturated carbocycles. The molecule has 7 nitrogen and oxygen atoms in total. The van der Waals surface area contributed by atoms with Gasteiger partial charge in [-0.1, -0.05) is 6.07 Å². The number of hydrogen-bond acceptors (Lipinski definition) is 5. The maximum absolute atomic E-state index is 14.3. The van der Waals surface area contributed by atoms with E-state index in [1.807, 2.05) is 0 Å². The normalized spacial score (nSPS) is 24.1. The Labute approximate surface area is 138 Å². The molecule has 0 unspecified atom stereocenters. The number of fused-ring (bicyclic) bond motifs is 1. The largest absolute Gasteiger partial charge is 0.493 e. The molecule has 1 amide bonds. The number of halogens is 1. The molecule has 0 aromatic heterocycles. The summed E-state index contributed by atoms with van der Waals surface area (Å²) in [6, 6.07) is 4.87. The molecule has 1 aromatic rings. The zero-order valence-electron chi connectivity index (χ0n) is 13.2. The van der Waals surface area contributed by atoms with Crippen molar-refractivity contribution in [3.8, 4) is 11.8 Å². The number of hydrogen-bond donors (Lipinski definition) is 1. The van der Waals surface area contributed by atoms with Crippen LogP contribution in [0.2, 0.25) is 0 Å². The summed E-state index contributed by atoms with van der Waals surface area (Å²) < 4.78 is 25.3. The lowest BCUT2D eigenvalue weighted by molar-refractivity contribution is -0.0873. The number of ether oxygens (including phenoxy) is 2. The van der Waals surface area contributed by atoms with Crippen molar-refractivity contribution in [2.24, 2.45) is 0 Å². The van der Waals surface area contributed by atoms with Gasteiger partial charge in [-0.15, -0.1) is 0 Å². The van der Waals surface area contributed by atoms with Gasteiger partial charge < -0.3 is 19.5 Å². The number of rotatable bonds is 2. The van der Waals surface area contributed by atoms with Crippen LogP contribution in [0.1, 0.15) is 17.2 Å². The van der Waals surface area contributed by atoms with Gasteiger partial charge in [0.05, 0.1) is 31.4 Å². The average molecular weight is 335 g/mol. The summed E-state index contributed by atoms with van der Waals surface area (Å²) in [5.74, 6) is -0.652. The van der Waals surface area contributed by atoms with Crippen molar-refractivity contribution in [2.75, 3.05) is 39.9 Å². The topological polar surface area (TPSA) is 86.0 Å². The molecule has 2 heterocycles. The van der Waals surface area contributed by atoms with Gasteiger partial charge in [0.2, 0.25) is 0 Å². The molecule has 0 spiro atoms.